The standard InChI is InChI=1S/C25H27NO2S.C7H14O.C2H6.CH2O/c1-4-12-21(5-2)18-17-20(3)29(27,28)26-19-24(22-13-8-6-9-14-22)23-15-10-7-11-16-25(23)26;1-6-4-2-3-5-7(6)8;2*1-2/h4,6,8-19H,5,7H2,1-3H3;6-8H,2-5H2,1H3;1-2H3;1H2/b12-4-,20-17+,21-18-;;;. The number of aliphatic hydroxyl groups excluding tert-OH is 1. The Morgan fingerprint density at radius 2 is 1.68 bits per heavy atom. The molecule has 0 spiro atoms. The lowest BCUT2D eigenvalue weighted by Gasteiger charge is -2.23. The van der Waals surface area contributed by atoms with Gasteiger partial charge in [0.1, 0.15) is 6.79 Å². The number of hydrogen-bond acceptors (Lipinski definition) is 4. The molecule has 2 aromatic rings. The molecule has 0 bridgehead atoms. The van der Waals surface area contributed by atoms with Crippen molar-refractivity contribution in [3.05, 3.63) is 94.7 Å². The molecule has 0 radical (unpaired) electrons. The van der Waals surface area contributed by atoms with E-state index < -0.39 is 10.0 Å². The van der Waals surface area contributed by atoms with Gasteiger partial charge < -0.3 is 9.90 Å². The highest BCUT2D eigenvalue weighted by Gasteiger charge is 2.24. The monoisotopic (exact) mass is 579 g/mol. The highest BCUT2D eigenvalue weighted by atomic mass is 32.2. The van der Waals surface area contributed by atoms with Crippen LogP contribution in [0.2, 0.25) is 0 Å². The predicted molar refractivity (Wildman–Crippen MR) is 176 cm³/mol. The quantitative estimate of drug-likeness (QED) is 0.347. The minimum Gasteiger partial charge on any atom is -0.393 e. The highest BCUT2D eigenvalue weighted by Crippen LogP contribution is 2.34. The molecule has 2 atom stereocenters. The molecule has 41 heavy (non-hydrogen) atoms. The van der Waals surface area contributed by atoms with Crippen LogP contribution in [0, 0.1) is 5.92 Å². The molecule has 2 unspecified atom stereocenters. The number of fused-ring (bicyclic) bond motifs is 1. The summed E-state index contributed by atoms with van der Waals surface area (Å²) in [6.07, 6.45) is 23.7. The molecular weight excluding hydrogens is 530 g/mol. The Hall–Kier alpha value is -3.22. The summed E-state index contributed by atoms with van der Waals surface area (Å²) in [6.45, 7) is 13.8. The summed E-state index contributed by atoms with van der Waals surface area (Å²) in [7, 11) is -3.68. The Balaban J connectivity index is 0.000000590. The largest absolute Gasteiger partial charge is 0.393 e. The van der Waals surface area contributed by atoms with Crippen molar-refractivity contribution in [2.45, 2.75) is 86.2 Å². The van der Waals surface area contributed by atoms with Gasteiger partial charge in [0, 0.05) is 17.3 Å². The lowest BCUT2D eigenvalue weighted by atomic mass is 9.88. The molecule has 1 saturated carbocycles. The van der Waals surface area contributed by atoms with Crippen LogP contribution < -0.4 is 0 Å². The minimum atomic E-state index is -3.68. The zero-order valence-electron chi connectivity index (χ0n) is 25.7. The Morgan fingerprint density at radius 1 is 1.05 bits per heavy atom. The maximum Gasteiger partial charge on any atom is 0.264 e. The third-order valence-corrected chi connectivity index (χ3v) is 8.79. The molecule has 0 aliphatic heterocycles. The molecule has 0 saturated heterocycles. The maximum absolute atomic E-state index is 13.4. The Morgan fingerprint density at radius 3 is 2.24 bits per heavy atom. The molecule has 1 N–H and O–H groups in total. The summed E-state index contributed by atoms with van der Waals surface area (Å²) in [5.41, 5.74) is 4.62. The number of allylic oxidation sites excluding steroid dienone is 8. The molecule has 1 heterocycles. The first-order valence-electron chi connectivity index (χ1n) is 14.7. The van der Waals surface area contributed by atoms with Crippen LogP contribution in [0.5, 0.6) is 0 Å². The van der Waals surface area contributed by atoms with Crippen molar-refractivity contribution >= 4 is 29.0 Å². The van der Waals surface area contributed by atoms with E-state index in [0.29, 0.717) is 16.5 Å². The predicted octanol–water partition coefficient (Wildman–Crippen LogP) is 8.98. The van der Waals surface area contributed by atoms with Gasteiger partial charge in [-0.15, -0.1) is 0 Å². The number of aliphatic hydroxyl groups is 1. The van der Waals surface area contributed by atoms with Crippen LogP contribution in [0.15, 0.2) is 83.5 Å². The third kappa shape index (κ3) is 10.3. The van der Waals surface area contributed by atoms with E-state index in [1.54, 1.807) is 19.2 Å². The molecule has 1 fully saturated rings. The number of aromatic nitrogens is 1. The van der Waals surface area contributed by atoms with Gasteiger partial charge in [-0.1, -0.05) is 107 Å². The fourth-order valence-electron chi connectivity index (χ4n) is 4.61. The summed E-state index contributed by atoms with van der Waals surface area (Å²) < 4.78 is 28.2. The summed E-state index contributed by atoms with van der Waals surface area (Å²) in [6, 6.07) is 9.90. The normalized spacial score (nSPS) is 18.6. The van der Waals surface area contributed by atoms with E-state index in [1.807, 2.05) is 94.3 Å². The lowest BCUT2D eigenvalue weighted by Crippen LogP contribution is -2.21. The first kappa shape index (κ1) is 35.8. The smallest absolute Gasteiger partial charge is 0.264 e. The average molecular weight is 580 g/mol. The molecule has 1 aromatic carbocycles. The molecule has 4 rings (SSSR count). The minimum absolute atomic E-state index is 0.00347. The van der Waals surface area contributed by atoms with Crippen LogP contribution in [0.3, 0.4) is 0 Å². The number of carbonyl (C=O) groups is 1. The first-order chi connectivity index (χ1) is 19.8. The third-order valence-electron chi connectivity index (χ3n) is 7.02. The summed E-state index contributed by atoms with van der Waals surface area (Å²) in [5, 5.41) is 9.18. The van der Waals surface area contributed by atoms with Gasteiger partial charge in [-0.3, -0.25) is 0 Å². The summed E-state index contributed by atoms with van der Waals surface area (Å²) in [5.74, 6) is 0.559. The topological polar surface area (TPSA) is 76.4 Å². The van der Waals surface area contributed by atoms with Gasteiger partial charge in [-0.2, -0.15) is 0 Å². The van der Waals surface area contributed by atoms with Crippen molar-refractivity contribution < 1.29 is 18.3 Å². The van der Waals surface area contributed by atoms with Crippen LogP contribution >= 0.6 is 0 Å². The molecule has 1 aromatic heterocycles. The van der Waals surface area contributed by atoms with E-state index in [2.05, 4.69) is 19.9 Å². The maximum atomic E-state index is 13.4. The van der Waals surface area contributed by atoms with Gasteiger partial charge in [0.05, 0.1) is 16.7 Å². The zero-order valence-corrected chi connectivity index (χ0v) is 26.5. The number of nitrogens with zero attached hydrogens (tertiary/aromatic N) is 1. The molecule has 2 aliphatic carbocycles. The van der Waals surface area contributed by atoms with Gasteiger partial charge >= 0.3 is 0 Å². The van der Waals surface area contributed by atoms with E-state index in [0.717, 1.165) is 41.5 Å². The SMILES string of the molecule is C=O.CC.CC1CCCCC1O.C\C=C/C(=C\C=C(/C)S(=O)(=O)n1cc(-c2ccccc2)c2c1C=CCC=C2)CC. The van der Waals surface area contributed by atoms with Crippen molar-refractivity contribution in [1.29, 1.82) is 0 Å². The van der Waals surface area contributed by atoms with Crippen molar-refractivity contribution in [3.63, 3.8) is 0 Å². The van der Waals surface area contributed by atoms with E-state index in [4.69, 9.17) is 4.79 Å². The number of carbonyl (C=O) groups excluding carboxylic acids is 1. The van der Waals surface area contributed by atoms with E-state index in [9.17, 15) is 13.5 Å². The Kier molecular flexibility index (Phi) is 16.6. The van der Waals surface area contributed by atoms with Gasteiger partial charge in [0.15, 0.2) is 0 Å². The van der Waals surface area contributed by atoms with Crippen LogP contribution in [-0.4, -0.2) is 30.4 Å². The van der Waals surface area contributed by atoms with E-state index >= 15 is 0 Å². The molecule has 6 heteroatoms. The van der Waals surface area contributed by atoms with Crippen molar-refractivity contribution in [2.75, 3.05) is 0 Å². The van der Waals surface area contributed by atoms with Gasteiger partial charge in [0.2, 0.25) is 0 Å². The fourth-order valence-corrected chi connectivity index (χ4v) is 5.82. The second-order valence-electron chi connectivity index (χ2n) is 9.75. The lowest BCUT2D eigenvalue weighted by molar-refractivity contribution is -0.0980. The molecule has 224 valence electrons. The number of rotatable bonds is 6. The van der Waals surface area contributed by atoms with E-state index in [-0.39, 0.29) is 6.10 Å². The number of benzene rings is 1. The van der Waals surface area contributed by atoms with Crippen LogP contribution in [0.25, 0.3) is 23.3 Å². The zero-order chi connectivity index (χ0) is 30.8. The van der Waals surface area contributed by atoms with Crippen LogP contribution in [0.4, 0.5) is 0 Å². The molecule has 0 amide bonds. The Bertz CT molecular complexity index is 1300. The fraction of sp³-hybridized carbons (Fsp3) is 0.400. The Labute approximate surface area is 248 Å². The molecule has 2 aliphatic rings. The van der Waals surface area contributed by atoms with Crippen molar-refractivity contribution in [3.8, 4) is 11.1 Å². The van der Waals surface area contributed by atoms with Crippen molar-refractivity contribution in [1.82, 2.24) is 3.97 Å². The van der Waals surface area contributed by atoms with E-state index in [1.165, 1.54) is 23.2 Å². The van der Waals surface area contributed by atoms with Gasteiger partial charge in [-0.05, 0) is 68.7 Å². The average Bonchev–Trinajstić information content (AvgIpc) is 3.21. The second kappa shape index (κ2) is 19.0. The molecule has 5 nitrogen and oxygen atoms in total. The summed E-state index contributed by atoms with van der Waals surface area (Å²) in [4.78, 5) is 8.31. The van der Waals surface area contributed by atoms with Gasteiger partial charge in [-0.25, -0.2) is 12.4 Å². The second-order valence-corrected chi connectivity index (χ2v) is 11.7. The first-order valence-corrected chi connectivity index (χ1v) is 16.1. The molecular formula is C35H49NO4S. The number of hydrogen-bond donors (Lipinski definition) is 1. The van der Waals surface area contributed by atoms with Crippen LogP contribution in [0.1, 0.15) is 91.3 Å². The van der Waals surface area contributed by atoms with Gasteiger partial charge in [0.25, 0.3) is 10.0 Å². The van der Waals surface area contributed by atoms with Crippen LogP contribution in [-0.2, 0) is 14.8 Å². The highest BCUT2D eigenvalue weighted by molar-refractivity contribution is 7.93. The summed E-state index contributed by atoms with van der Waals surface area (Å²) >= 11 is 0. The van der Waals surface area contributed by atoms with Crippen molar-refractivity contribution in [2.24, 2.45) is 5.92 Å².